The van der Waals surface area contributed by atoms with E-state index in [-0.39, 0.29) is 5.56 Å². The molecule has 1 aromatic carbocycles. The fraction of sp³-hybridized carbons (Fsp3) is 0.294. The molecular formula is C17H18N2OS2. The number of fused-ring (bicyclic) bond motifs is 1. The molecule has 0 spiro atoms. The lowest BCUT2D eigenvalue weighted by atomic mass is 10.1. The van der Waals surface area contributed by atoms with Gasteiger partial charge in [0.05, 0.1) is 11.1 Å². The largest absolute Gasteiger partial charge is 0.323 e. The van der Waals surface area contributed by atoms with Crippen molar-refractivity contribution in [3.8, 4) is 5.69 Å². The van der Waals surface area contributed by atoms with Crippen LogP contribution in [0.5, 0.6) is 0 Å². The average molecular weight is 330 g/mol. The average Bonchev–Trinajstić information content (AvgIpc) is 2.78. The van der Waals surface area contributed by atoms with Crippen molar-refractivity contribution in [2.75, 3.05) is 0 Å². The lowest BCUT2D eigenvalue weighted by molar-refractivity contribution is 0.927. The Labute approximate surface area is 138 Å². The number of benzene rings is 1. The van der Waals surface area contributed by atoms with Gasteiger partial charge in [-0.15, -0.1) is 11.3 Å². The first-order valence-corrected chi connectivity index (χ1v) is 8.52. The van der Waals surface area contributed by atoms with Crippen LogP contribution in [0.2, 0.25) is 0 Å². The van der Waals surface area contributed by atoms with E-state index >= 15 is 0 Å². The van der Waals surface area contributed by atoms with Crippen LogP contribution in [-0.2, 0) is 6.42 Å². The number of nitrogens with one attached hydrogen (secondary N) is 1. The summed E-state index contributed by atoms with van der Waals surface area (Å²) in [6, 6.07) is 5.95. The topological polar surface area (TPSA) is 37.8 Å². The third kappa shape index (κ3) is 2.16. The number of hydrogen-bond donors (Lipinski definition) is 1. The number of rotatable bonds is 2. The molecule has 0 radical (unpaired) electrons. The van der Waals surface area contributed by atoms with Crippen LogP contribution in [0.25, 0.3) is 15.9 Å². The highest BCUT2D eigenvalue weighted by atomic mass is 32.1. The highest BCUT2D eigenvalue weighted by Gasteiger charge is 2.16. The van der Waals surface area contributed by atoms with Crippen molar-refractivity contribution in [1.29, 1.82) is 0 Å². The molecule has 2 heterocycles. The van der Waals surface area contributed by atoms with E-state index in [9.17, 15) is 4.79 Å². The summed E-state index contributed by atoms with van der Waals surface area (Å²) in [5, 5.41) is 0.777. The number of aromatic amines is 1. The Morgan fingerprint density at radius 1 is 1.27 bits per heavy atom. The molecule has 3 nitrogen and oxygen atoms in total. The normalized spacial score (nSPS) is 11.3. The number of hydrogen-bond acceptors (Lipinski definition) is 3. The summed E-state index contributed by atoms with van der Waals surface area (Å²) in [7, 11) is 0. The Morgan fingerprint density at radius 3 is 2.68 bits per heavy atom. The van der Waals surface area contributed by atoms with Crippen molar-refractivity contribution in [2.45, 2.75) is 34.1 Å². The van der Waals surface area contributed by atoms with Gasteiger partial charge in [0.2, 0.25) is 0 Å². The maximum absolute atomic E-state index is 13.1. The number of thiophene rings is 1. The SMILES string of the molecule is CCc1c(C)sc2[nH]c(=S)n(-c3cccc(C)c3C)c(=O)c12. The molecule has 0 atom stereocenters. The zero-order valence-electron chi connectivity index (χ0n) is 13.1. The van der Waals surface area contributed by atoms with Crippen LogP contribution in [0.4, 0.5) is 0 Å². The molecule has 0 saturated heterocycles. The van der Waals surface area contributed by atoms with Gasteiger partial charge < -0.3 is 4.98 Å². The molecule has 0 fully saturated rings. The van der Waals surface area contributed by atoms with E-state index in [4.69, 9.17) is 12.2 Å². The van der Waals surface area contributed by atoms with Gasteiger partial charge in [-0.25, -0.2) is 0 Å². The molecule has 0 aliphatic carbocycles. The second kappa shape index (κ2) is 5.48. The van der Waals surface area contributed by atoms with Gasteiger partial charge in [-0.3, -0.25) is 9.36 Å². The summed E-state index contributed by atoms with van der Waals surface area (Å²) in [6.07, 6.45) is 0.846. The maximum atomic E-state index is 13.1. The van der Waals surface area contributed by atoms with E-state index in [2.05, 4.69) is 18.8 Å². The number of aromatic nitrogens is 2. The van der Waals surface area contributed by atoms with Gasteiger partial charge >= 0.3 is 0 Å². The first kappa shape index (κ1) is 15.2. The van der Waals surface area contributed by atoms with E-state index < -0.39 is 0 Å². The minimum absolute atomic E-state index is 0.0198. The Balaban J connectivity index is 2.48. The van der Waals surface area contributed by atoms with Crippen LogP contribution >= 0.6 is 23.6 Å². The van der Waals surface area contributed by atoms with Gasteiger partial charge in [0.1, 0.15) is 4.83 Å². The summed E-state index contributed by atoms with van der Waals surface area (Å²) in [6.45, 7) is 8.21. The van der Waals surface area contributed by atoms with E-state index in [1.165, 1.54) is 4.88 Å². The summed E-state index contributed by atoms with van der Waals surface area (Å²) in [5.41, 5.74) is 4.19. The third-order valence-electron chi connectivity index (χ3n) is 4.22. The van der Waals surface area contributed by atoms with Crippen LogP contribution in [0.1, 0.15) is 28.5 Å². The van der Waals surface area contributed by atoms with Gasteiger partial charge in [0.25, 0.3) is 5.56 Å². The maximum Gasteiger partial charge on any atom is 0.267 e. The van der Waals surface area contributed by atoms with Crippen molar-refractivity contribution < 1.29 is 0 Å². The molecule has 2 aromatic heterocycles. The fourth-order valence-electron chi connectivity index (χ4n) is 2.87. The lowest BCUT2D eigenvalue weighted by Crippen LogP contribution is -2.21. The Bertz CT molecular complexity index is 992. The molecule has 0 bridgehead atoms. The van der Waals surface area contributed by atoms with Crippen LogP contribution in [0, 0.1) is 25.5 Å². The zero-order valence-corrected chi connectivity index (χ0v) is 14.7. The van der Waals surface area contributed by atoms with Gasteiger partial charge in [0, 0.05) is 4.88 Å². The van der Waals surface area contributed by atoms with Gasteiger partial charge in [-0.2, -0.15) is 0 Å². The Kier molecular flexibility index (Phi) is 3.78. The highest BCUT2D eigenvalue weighted by molar-refractivity contribution is 7.71. The predicted molar refractivity (Wildman–Crippen MR) is 96.2 cm³/mol. The molecule has 3 aromatic rings. The van der Waals surface area contributed by atoms with Crippen molar-refractivity contribution >= 4 is 33.8 Å². The van der Waals surface area contributed by atoms with Crippen LogP contribution in [0.3, 0.4) is 0 Å². The molecule has 0 saturated carbocycles. The second-order valence-corrected chi connectivity index (χ2v) is 7.10. The number of H-pyrrole nitrogens is 1. The van der Waals surface area contributed by atoms with Crippen molar-refractivity contribution in [1.82, 2.24) is 9.55 Å². The van der Waals surface area contributed by atoms with E-state index in [0.29, 0.717) is 4.77 Å². The molecule has 22 heavy (non-hydrogen) atoms. The molecule has 5 heteroatoms. The molecule has 114 valence electrons. The summed E-state index contributed by atoms with van der Waals surface area (Å²) in [4.78, 5) is 18.4. The monoisotopic (exact) mass is 330 g/mol. The first-order valence-electron chi connectivity index (χ1n) is 7.29. The lowest BCUT2D eigenvalue weighted by Gasteiger charge is -2.12. The summed E-state index contributed by atoms with van der Waals surface area (Å²) < 4.78 is 2.08. The second-order valence-electron chi connectivity index (χ2n) is 5.48. The van der Waals surface area contributed by atoms with Crippen LogP contribution < -0.4 is 5.56 Å². The van der Waals surface area contributed by atoms with Crippen LogP contribution in [0.15, 0.2) is 23.0 Å². The van der Waals surface area contributed by atoms with Crippen molar-refractivity contribution in [3.05, 3.63) is 54.9 Å². The van der Waals surface area contributed by atoms with E-state index in [1.54, 1.807) is 15.9 Å². The predicted octanol–water partition coefficient (Wildman–Crippen LogP) is 4.60. The number of nitrogens with zero attached hydrogens (tertiary/aromatic N) is 1. The van der Waals surface area contributed by atoms with Crippen molar-refractivity contribution in [3.63, 3.8) is 0 Å². The third-order valence-corrected chi connectivity index (χ3v) is 5.57. The van der Waals surface area contributed by atoms with Crippen LogP contribution in [-0.4, -0.2) is 9.55 Å². The molecule has 3 rings (SSSR count). The van der Waals surface area contributed by atoms with Gasteiger partial charge in [-0.1, -0.05) is 19.1 Å². The first-order chi connectivity index (χ1) is 10.5. The summed E-state index contributed by atoms with van der Waals surface area (Å²) in [5.74, 6) is 0. The smallest absolute Gasteiger partial charge is 0.267 e. The van der Waals surface area contributed by atoms with Crippen molar-refractivity contribution in [2.24, 2.45) is 0 Å². The van der Waals surface area contributed by atoms with Gasteiger partial charge in [-0.05, 0) is 62.2 Å². The summed E-state index contributed by atoms with van der Waals surface area (Å²) >= 11 is 7.06. The number of aryl methyl sites for hydroxylation is 3. The Morgan fingerprint density at radius 2 is 2.00 bits per heavy atom. The Hall–Kier alpha value is -1.72. The molecule has 0 unspecified atom stereocenters. The standard InChI is InChI=1S/C17H18N2OS2/c1-5-12-11(4)22-15-14(12)16(20)19(17(21)18-15)13-8-6-7-9(2)10(13)3/h6-8H,5H2,1-4H3,(H,18,21). The van der Waals surface area contributed by atoms with E-state index in [1.807, 2.05) is 32.0 Å². The highest BCUT2D eigenvalue weighted by Crippen LogP contribution is 2.28. The molecule has 0 aliphatic heterocycles. The van der Waals surface area contributed by atoms with E-state index in [0.717, 1.165) is 39.0 Å². The van der Waals surface area contributed by atoms with Gasteiger partial charge in [0.15, 0.2) is 4.77 Å². The minimum atomic E-state index is -0.0198. The zero-order chi connectivity index (χ0) is 16.0. The molecule has 1 N–H and O–H groups in total. The fourth-order valence-corrected chi connectivity index (χ4v) is 4.36. The molecule has 0 aliphatic rings. The molecule has 0 amide bonds. The quantitative estimate of drug-likeness (QED) is 0.697. The molecular weight excluding hydrogens is 312 g/mol. The minimum Gasteiger partial charge on any atom is -0.323 e.